The van der Waals surface area contributed by atoms with Crippen LogP contribution in [-0.4, -0.2) is 21.8 Å². The Morgan fingerprint density at radius 3 is 2.75 bits per heavy atom. The van der Waals surface area contributed by atoms with Crippen LogP contribution in [0.3, 0.4) is 0 Å². The Balaban J connectivity index is 2.15. The van der Waals surface area contributed by atoms with Gasteiger partial charge in [0.05, 0.1) is 15.9 Å². The number of hydrogen-bond donors (Lipinski definition) is 3. The zero-order chi connectivity index (χ0) is 17.5. The molecule has 2 aliphatic rings. The Kier molecular flexibility index (Phi) is 3.89. The van der Waals surface area contributed by atoms with Crippen LogP contribution in [-0.2, 0) is 21.9 Å². The molecule has 24 heavy (non-hydrogen) atoms. The van der Waals surface area contributed by atoms with E-state index >= 15 is 0 Å². The minimum Gasteiger partial charge on any atom is -0.370 e. The Morgan fingerprint density at radius 1 is 1.38 bits per heavy atom. The maximum absolute atomic E-state index is 12.7. The zero-order valence-electron chi connectivity index (χ0n) is 13.3. The van der Waals surface area contributed by atoms with Crippen molar-refractivity contribution in [3.63, 3.8) is 0 Å². The van der Waals surface area contributed by atoms with E-state index in [9.17, 15) is 24.8 Å². The number of fused-ring (bicyclic) bond motifs is 1. The van der Waals surface area contributed by atoms with Crippen LogP contribution in [0.2, 0.25) is 0 Å². The number of carbonyl (C=O) groups excluding carboxylic acids is 2. The van der Waals surface area contributed by atoms with Crippen molar-refractivity contribution < 1.29 is 19.6 Å². The van der Waals surface area contributed by atoms with Crippen molar-refractivity contribution in [3.8, 4) is 0 Å². The molecule has 2 heterocycles. The molecule has 1 aromatic carbocycles. The number of nitrogens with one attached hydrogen (secondary N) is 2. The van der Waals surface area contributed by atoms with Crippen molar-refractivity contribution >= 4 is 17.5 Å². The third-order valence-electron chi connectivity index (χ3n) is 5.09. The van der Waals surface area contributed by atoms with Crippen molar-refractivity contribution in [2.45, 2.75) is 44.9 Å². The summed E-state index contributed by atoms with van der Waals surface area (Å²) in [5.41, 5.74) is -2.35. The van der Waals surface area contributed by atoms with E-state index in [0.717, 1.165) is 0 Å². The molecule has 1 fully saturated rings. The lowest BCUT2D eigenvalue weighted by atomic mass is 9.66. The summed E-state index contributed by atoms with van der Waals surface area (Å²) in [5, 5.41) is 27.9. The van der Waals surface area contributed by atoms with E-state index in [1.807, 2.05) is 6.92 Å². The molecule has 0 aliphatic carbocycles. The largest absolute Gasteiger partial charge is 0.370 e. The van der Waals surface area contributed by atoms with E-state index in [-0.39, 0.29) is 31.0 Å². The number of nitro groups is 1. The van der Waals surface area contributed by atoms with Gasteiger partial charge < -0.3 is 5.11 Å². The molecular formula is C16H19N3O5. The van der Waals surface area contributed by atoms with Crippen molar-refractivity contribution in [3.05, 3.63) is 39.4 Å². The third kappa shape index (κ3) is 2.14. The van der Waals surface area contributed by atoms with Crippen LogP contribution in [0.25, 0.3) is 0 Å². The van der Waals surface area contributed by atoms with Gasteiger partial charge in [-0.2, -0.15) is 0 Å². The number of carbonyl (C=O) groups is 2. The van der Waals surface area contributed by atoms with Crippen LogP contribution < -0.4 is 10.6 Å². The van der Waals surface area contributed by atoms with Crippen LogP contribution in [0, 0.1) is 15.5 Å². The van der Waals surface area contributed by atoms with Crippen LogP contribution in [0.15, 0.2) is 18.2 Å². The van der Waals surface area contributed by atoms with E-state index in [1.165, 1.54) is 12.1 Å². The van der Waals surface area contributed by atoms with E-state index in [0.29, 0.717) is 24.0 Å². The summed E-state index contributed by atoms with van der Waals surface area (Å²) >= 11 is 0. The number of nitrogens with zero attached hydrogens (tertiary/aromatic N) is 1. The molecule has 2 unspecified atom stereocenters. The smallest absolute Gasteiger partial charge is 0.274 e. The summed E-state index contributed by atoms with van der Waals surface area (Å²) in [5.74, 6) is -0.900. The van der Waals surface area contributed by atoms with Gasteiger partial charge in [0, 0.05) is 24.6 Å². The Morgan fingerprint density at radius 2 is 2.12 bits per heavy atom. The molecule has 2 atom stereocenters. The predicted molar refractivity (Wildman–Crippen MR) is 83.6 cm³/mol. The molecule has 2 amide bonds. The van der Waals surface area contributed by atoms with Gasteiger partial charge in [-0.15, -0.1) is 0 Å². The lowest BCUT2D eigenvalue weighted by Crippen LogP contribution is -2.62. The molecule has 1 saturated heterocycles. The second-order valence-corrected chi connectivity index (χ2v) is 6.33. The summed E-state index contributed by atoms with van der Waals surface area (Å²) in [6.07, 6.45) is 1.30. The molecule has 0 radical (unpaired) electrons. The molecule has 8 nitrogen and oxygen atoms in total. The number of nitro benzene ring substituents is 1. The average Bonchev–Trinajstić information content (AvgIpc) is 2.89. The van der Waals surface area contributed by atoms with E-state index in [4.69, 9.17) is 0 Å². The lowest BCUT2D eigenvalue weighted by Gasteiger charge is -2.46. The summed E-state index contributed by atoms with van der Waals surface area (Å²) in [4.78, 5) is 35.0. The molecule has 0 aromatic heterocycles. The van der Waals surface area contributed by atoms with Crippen LogP contribution in [0.1, 0.15) is 43.7 Å². The van der Waals surface area contributed by atoms with Crippen LogP contribution >= 0.6 is 0 Å². The fraction of sp³-hybridized carbons (Fsp3) is 0.500. The Hall–Kier alpha value is -2.32. The molecule has 3 rings (SSSR count). The molecule has 2 aliphatic heterocycles. The second-order valence-electron chi connectivity index (χ2n) is 6.33. The van der Waals surface area contributed by atoms with Crippen molar-refractivity contribution in [1.29, 1.82) is 0 Å². The molecule has 8 heteroatoms. The monoisotopic (exact) mass is 333 g/mol. The lowest BCUT2D eigenvalue weighted by molar-refractivity contribution is -0.385. The summed E-state index contributed by atoms with van der Waals surface area (Å²) in [6, 6.07) is 4.48. The molecule has 1 aromatic rings. The number of piperidine rings is 1. The van der Waals surface area contributed by atoms with Gasteiger partial charge in [-0.3, -0.25) is 30.3 Å². The van der Waals surface area contributed by atoms with Gasteiger partial charge in [0.25, 0.3) is 5.69 Å². The topological polar surface area (TPSA) is 122 Å². The van der Waals surface area contributed by atoms with Gasteiger partial charge in [0.2, 0.25) is 11.8 Å². The SMILES string of the molecule is CCCC1(C2(O)NCc3c([N+](=O)[O-])cccc32)CCC(=O)NC1=O. The summed E-state index contributed by atoms with van der Waals surface area (Å²) < 4.78 is 0. The van der Waals surface area contributed by atoms with Gasteiger partial charge in [-0.05, 0) is 12.8 Å². The fourth-order valence-electron chi connectivity index (χ4n) is 3.95. The first-order chi connectivity index (χ1) is 11.4. The highest BCUT2D eigenvalue weighted by atomic mass is 16.6. The first-order valence-electron chi connectivity index (χ1n) is 7.94. The normalized spacial score (nSPS) is 29.2. The molecule has 3 N–H and O–H groups in total. The summed E-state index contributed by atoms with van der Waals surface area (Å²) in [7, 11) is 0. The number of aliphatic hydroxyl groups is 1. The molecule has 128 valence electrons. The predicted octanol–water partition coefficient (Wildman–Crippen LogP) is 1.07. The minimum absolute atomic E-state index is 0.0881. The number of amides is 2. The molecule has 0 bridgehead atoms. The fourth-order valence-corrected chi connectivity index (χ4v) is 3.95. The minimum atomic E-state index is -1.74. The van der Waals surface area contributed by atoms with E-state index in [1.54, 1.807) is 6.07 Å². The van der Waals surface area contributed by atoms with Crippen LogP contribution in [0.5, 0.6) is 0 Å². The highest BCUT2D eigenvalue weighted by molar-refractivity contribution is 6.01. The van der Waals surface area contributed by atoms with E-state index in [2.05, 4.69) is 10.6 Å². The van der Waals surface area contributed by atoms with Gasteiger partial charge in [-0.25, -0.2) is 0 Å². The standard InChI is InChI=1S/C16H19N3O5/c1-2-7-15(8-6-13(20)18-14(15)21)16(22)11-4-3-5-12(19(23)24)10(11)9-17-16/h3-5,17,22H,2,6-9H2,1H3,(H,18,20,21). The quantitative estimate of drug-likeness (QED) is 0.430. The van der Waals surface area contributed by atoms with E-state index < -0.39 is 22.0 Å². The van der Waals surface area contributed by atoms with Gasteiger partial charge in [0.15, 0.2) is 5.72 Å². The molecular weight excluding hydrogens is 314 g/mol. The molecule has 0 spiro atoms. The van der Waals surface area contributed by atoms with Gasteiger partial charge in [-0.1, -0.05) is 25.5 Å². The summed E-state index contributed by atoms with van der Waals surface area (Å²) in [6.45, 7) is 1.98. The van der Waals surface area contributed by atoms with Gasteiger partial charge >= 0.3 is 0 Å². The second kappa shape index (κ2) is 5.64. The number of benzene rings is 1. The maximum atomic E-state index is 12.7. The average molecular weight is 333 g/mol. The van der Waals surface area contributed by atoms with Crippen molar-refractivity contribution in [1.82, 2.24) is 10.6 Å². The maximum Gasteiger partial charge on any atom is 0.274 e. The van der Waals surface area contributed by atoms with Crippen molar-refractivity contribution in [2.75, 3.05) is 0 Å². The highest BCUT2D eigenvalue weighted by Gasteiger charge is 2.60. The first-order valence-corrected chi connectivity index (χ1v) is 7.94. The van der Waals surface area contributed by atoms with Crippen LogP contribution in [0.4, 0.5) is 5.69 Å². The molecule has 0 saturated carbocycles. The number of rotatable bonds is 4. The Labute approximate surface area is 138 Å². The number of imide groups is 1. The number of hydrogen-bond acceptors (Lipinski definition) is 6. The highest BCUT2D eigenvalue weighted by Crippen LogP contribution is 2.51. The van der Waals surface area contributed by atoms with Gasteiger partial charge in [0.1, 0.15) is 0 Å². The third-order valence-corrected chi connectivity index (χ3v) is 5.09. The zero-order valence-corrected chi connectivity index (χ0v) is 13.3. The first kappa shape index (κ1) is 16.5. The van der Waals surface area contributed by atoms with Crippen molar-refractivity contribution in [2.24, 2.45) is 5.41 Å². The Bertz CT molecular complexity index is 734.